The van der Waals surface area contributed by atoms with Gasteiger partial charge in [-0.15, -0.1) is 11.3 Å². The molecule has 3 rings (SSSR count). The third kappa shape index (κ3) is 2.28. The molecule has 0 aliphatic heterocycles. The van der Waals surface area contributed by atoms with E-state index >= 15 is 0 Å². The van der Waals surface area contributed by atoms with Gasteiger partial charge in [0.05, 0.1) is 5.69 Å². The zero-order chi connectivity index (χ0) is 13.4. The van der Waals surface area contributed by atoms with Crippen molar-refractivity contribution >= 4 is 32.2 Å². The highest BCUT2D eigenvalue weighted by molar-refractivity contribution is 9.08. The summed E-state index contributed by atoms with van der Waals surface area (Å²) in [4.78, 5) is 5.47. The van der Waals surface area contributed by atoms with Gasteiger partial charge in [-0.1, -0.05) is 22.0 Å². The Balaban J connectivity index is 2.00. The predicted octanol–water partition coefficient (Wildman–Crippen LogP) is 4.70. The molecule has 0 aliphatic carbocycles. The number of aromatic nitrogens is 2. The zero-order valence-electron chi connectivity index (χ0n) is 10.7. The molecule has 0 radical (unpaired) electrons. The van der Waals surface area contributed by atoms with Crippen molar-refractivity contribution in [1.29, 1.82) is 0 Å². The lowest BCUT2D eigenvalue weighted by atomic mass is 10.1. The summed E-state index contributed by atoms with van der Waals surface area (Å²) in [5.41, 5.74) is 3.52. The van der Waals surface area contributed by atoms with Crippen molar-refractivity contribution in [2.24, 2.45) is 0 Å². The molecule has 0 saturated heterocycles. The van der Waals surface area contributed by atoms with Crippen molar-refractivity contribution in [2.75, 3.05) is 0 Å². The first-order valence-corrected chi connectivity index (χ1v) is 7.94. The molecule has 0 atom stereocenters. The van der Waals surface area contributed by atoms with Crippen LogP contribution in [0.4, 0.5) is 0 Å². The van der Waals surface area contributed by atoms with Gasteiger partial charge in [-0.25, -0.2) is 0 Å². The lowest BCUT2D eigenvalue weighted by Crippen LogP contribution is -1.91. The van der Waals surface area contributed by atoms with Gasteiger partial charge in [0, 0.05) is 16.9 Å². The van der Waals surface area contributed by atoms with Gasteiger partial charge in [0.1, 0.15) is 5.75 Å². The summed E-state index contributed by atoms with van der Waals surface area (Å²) in [7, 11) is 0. The van der Waals surface area contributed by atoms with Gasteiger partial charge < -0.3 is 4.74 Å². The molecule has 3 aromatic rings. The Morgan fingerprint density at radius 3 is 2.89 bits per heavy atom. The van der Waals surface area contributed by atoms with Crippen LogP contribution in [0.2, 0.25) is 0 Å². The summed E-state index contributed by atoms with van der Waals surface area (Å²) in [6.45, 7) is 4.18. The molecule has 98 valence electrons. The van der Waals surface area contributed by atoms with Crippen molar-refractivity contribution in [3.8, 4) is 11.6 Å². The molecule has 0 amide bonds. The smallest absolute Gasteiger partial charge is 0.243 e. The molecule has 19 heavy (non-hydrogen) atoms. The van der Waals surface area contributed by atoms with E-state index < -0.39 is 0 Å². The number of thiazole rings is 1. The number of aryl methyl sites for hydroxylation is 2. The number of hydrogen-bond donors (Lipinski definition) is 0. The van der Waals surface area contributed by atoms with Crippen LogP contribution in [0.5, 0.6) is 11.6 Å². The highest BCUT2D eigenvalue weighted by Gasteiger charge is 2.14. The van der Waals surface area contributed by atoms with Crippen molar-refractivity contribution in [3.05, 3.63) is 46.6 Å². The molecule has 5 heteroatoms. The van der Waals surface area contributed by atoms with E-state index in [1.54, 1.807) is 11.3 Å². The first kappa shape index (κ1) is 12.7. The molecule has 0 N–H and O–H groups in total. The number of halogens is 1. The number of fused-ring (bicyclic) bond motifs is 1. The fourth-order valence-electron chi connectivity index (χ4n) is 1.91. The van der Waals surface area contributed by atoms with Crippen LogP contribution in [-0.4, -0.2) is 9.38 Å². The molecule has 2 heterocycles. The van der Waals surface area contributed by atoms with Gasteiger partial charge in [-0.2, -0.15) is 4.98 Å². The van der Waals surface area contributed by atoms with Crippen molar-refractivity contribution in [2.45, 2.75) is 19.2 Å². The second-order valence-corrected chi connectivity index (χ2v) is 5.83. The minimum absolute atomic E-state index is 0.673. The topological polar surface area (TPSA) is 26.5 Å². The lowest BCUT2D eigenvalue weighted by Gasteiger charge is -2.06. The van der Waals surface area contributed by atoms with Crippen LogP contribution >= 0.6 is 27.3 Å². The highest BCUT2D eigenvalue weighted by Crippen LogP contribution is 2.30. The van der Waals surface area contributed by atoms with E-state index in [9.17, 15) is 0 Å². The zero-order valence-corrected chi connectivity index (χ0v) is 13.1. The average Bonchev–Trinajstić information content (AvgIpc) is 2.94. The first-order valence-electron chi connectivity index (χ1n) is 5.94. The number of alkyl halides is 1. The van der Waals surface area contributed by atoms with E-state index in [1.165, 1.54) is 11.1 Å². The van der Waals surface area contributed by atoms with Gasteiger partial charge >= 0.3 is 0 Å². The molecule has 2 aromatic heterocycles. The molecular formula is C14H13BrN2OS. The Bertz CT molecular complexity index is 732. The Labute approximate surface area is 124 Å². The van der Waals surface area contributed by atoms with Crippen molar-refractivity contribution in [3.63, 3.8) is 0 Å². The summed E-state index contributed by atoms with van der Waals surface area (Å²) in [5, 5.41) is 2.74. The van der Waals surface area contributed by atoms with Crippen LogP contribution in [0, 0.1) is 13.8 Å². The number of imidazole rings is 1. The van der Waals surface area contributed by atoms with Crippen LogP contribution in [-0.2, 0) is 5.33 Å². The molecule has 1 aromatic carbocycles. The fraction of sp³-hybridized carbons (Fsp3) is 0.214. The maximum absolute atomic E-state index is 5.92. The summed E-state index contributed by atoms with van der Waals surface area (Å²) in [5.74, 6) is 1.50. The van der Waals surface area contributed by atoms with Crippen molar-refractivity contribution in [1.82, 2.24) is 9.38 Å². The summed E-state index contributed by atoms with van der Waals surface area (Å²) < 4.78 is 7.98. The number of nitrogens with zero attached hydrogens (tertiary/aromatic N) is 2. The maximum Gasteiger partial charge on any atom is 0.243 e. The van der Waals surface area contributed by atoms with Crippen LogP contribution in [0.3, 0.4) is 0 Å². The first-order chi connectivity index (χ1) is 9.19. The van der Waals surface area contributed by atoms with E-state index in [4.69, 9.17) is 4.74 Å². The van der Waals surface area contributed by atoms with Gasteiger partial charge in [0.2, 0.25) is 5.88 Å². The number of hydrogen-bond acceptors (Lipinski definition) is 3. The fourth-order valence-corrected chi connectivity index (χ4v) is 3.14. The lowest BCUT2D eigenvalue weighted by molar-refractivity contribution is 0.461. The third-order valence-electron chi connectivity index (χ3n) is 3.14. The average molecular weight is 337 g/mol. The van der Waals surface area contributed by atoms with Gasteiger partial charge in [-0.05, 0) is 37.1 Å². The Morgan fingerprint density at radius 2 is 2.16 bits per heavy atom. The second-order valence-electron chi connectivity index (χ2n) is 4.40. The molecule has 3 nitrogen and oxygen atoms in total. The van der Waals surface area contributed by atoms with E-state index in [0.29, 0.717) is 11.2 Å². The molecule has 0 unspecified atom stereocenters. The van der Waals surface area contributed by atoms with E-state index in [-0.39, 0.29) is 0 Å². The summed E-state index contributed by atoms with van der Waals surface area (Å²) in [6, 6.07) is 6.09. The van der Waals surface area contributed by atoms with E-state index in [1.807, 2.05) is 23.7 Å². The standard InChI is InChI=1S/C14H13BrN2OS/c1-9-3-4-11(7-10(9)2)18-13-12(8-15)17-5-6-19-14(17)16-13/h3-7H,8H2,1-2H3. The predicted molar refractivity (Wildman–Crippen MR) is 81.7 cm³/mol. The van der Waals surface area contributed by atoms with Crippen LogP contribution < -0.4 is 4.74 Å². The minimum atomic E-state index is 0.673. The highest BCUT2D eigenvalue weighted by atomic mass is 79.9. The normalized spacial score (nSPS) is 11.1. The SMILES string of the molecule is Cc1ccc(Oc2nc3sccn3c2CBr)cc1C. The molecule has 0 fully saturated rings. The minimum Gasteiger partial charge on any atom is -0.437 e. The second kappa shape index (κ2) is 4.98. The maximum atomic E-state index is 5.92. The Hall–Kier alpha value is -1.33. The van der Waals surface area contributed by atoms with Gasteiger partial charge in [-0.3, -0.25) is 4.40 Å². The van der Waals surface area contributed by atoms with Crippen LogP contribution in [0.25, 0.3) is 4.96 Å². The number of rotatable bonds is 3. The molecule has 0 aliphatic rings. The number of benzene rings is 1. The number of ether oxygens (including phenoxy) is 1. The van der Waals surface area contributed by atoms with Gasteiger partial charge in [0.25, 0.3) is 0 Å². The Morgan fingerprint density at radius 1 is 1.32 bits per heavy atom. The monoisotopic (exact) mass is 336 g/mol. The quantitative estimate of drug-likeness (QED) is 0.648. The molecular weight excluding hydrogens is 324 g/mol. The molecule has 0 spiro atoms. The molecule has 0 bridgehead atoms. The summed E-state index contributed by atoms with van der Waals surface area (Å²) in [6.07, 6.45) is 2.01. The third-order valence-corrected chi connectivity index (χ3v) is 4.43. The summed E-state index contributed by atoms with van der Waals surface area (Å²) >= 11 is 5.10. The van der Waals surface area contributed by atoms with Gasteiger partial charge in [0.15, 0.2) is 4.96 Å². The van der Waals surface area contributed by atoms with E-state index in [2.05, 4.69) is 45.2 Å². The van der Waals surface area contributed by atoms with Crippen LogP contribution in [0.1, 0.15) is 16.8 Å². The Kier molecular flexibility index (Phi) is 3.33. The van der Waals surface area contributed by atoms with Crippen molar-refractivity contribution < 1.29 is 4.74 Å². The van der Waals surface area contributed by atoms with Crippen LogP contribution in [0.15, 0.2) is 29.8 Å². The molecule has 0 saturated carbocycles. The largest absolute Gasteiger partial charge is 0.437 e. The van der Waals surface area contributed by atoms with E-state index in [0.717, 1.165) is 16.4 Å².